The minimum atomic E-state index is -0.283. The molecule has 0 saturated carbocycles. The lowest BCUT2D eigenvalue weighted by molar-refractivity contribution is 0.628. The SMILES string of the molecule is N#CCc1ncc(-c2ccc(F)cc2)cc1Cl. The number of rotatable bonds is 2. The molecular weight excluding hydrogens is 239 g/mol. The van der Waals surface area contributed by atoms with Crippen LogP contribution in [-0.2, 0) is 6.42 Å². The van der Waals surface area contributed by atoms with Crippen molar-refractivity contribution in [3.63, 3.8) is 0 Å². The molecular formula is C13H8ClFN2. The Kier molecular flexibility index (Phi) is 3.36. The molecule has 0 atom stereocenters. The van der Waals surface area contributed by atoms with Gasteiger partial charge in [-0.2, -0.15) is 5.26 Å². The van der Waals surface area contributed by atoms with Gasteiger partial charge in [-0.15, -0.1) is 0 Å². The molecule has 1 aromatic heterocycles. The zero-order valence-electron chi connectivity index (χ0n) is 8.82. The summed E-state index contributed by atoms with van der Waals surface area (Å²) in [4.78, 5) is 4.12. The smallest absolute Gasteiger partial charge is 0.123 e. The molecule has 2 nitrogen and oxygen atoms in total. The van der Waals surface area contributed by atoms with Gasteiger partial charge in [0.1, 0.15) is 5.82 Å². The molecule has 0 aliphatic carbocycles. The standard InChI is InChI=1S/C13H8ClFN2/c14-12-7-10(8-17-13(12)5-6-16)9-1-3-11(15)4-2-9/h1-4,7-8H,5H2. The monoisotopic (exact) mass is 246 g/mol. The molecule has 0 aliphatic rings. The molecule has 1 heterocycles. The van der Waals surface area contributed by atoms with E-state index in [4.69, 9.17) is 16.9 Å². The Bertz CT molecular complexity index is 573. The van der Waals surface area contributed by atoms with Gasteiger partial charge in [-0.3, -0.25) is 4.98 Å². The van der Waals surface area contributed by atoms with Gasteiger partial charge in [0.05, 0.1) is 23.2 Å². The summed E-state index contributed by atoms with van der Waals surface area (Å²) in [7, 11) is 0. The Morgan fingerprint density at radius 1 is 1.24 bits per heavy atom. The van der Waals surface area contributed by atoms with Crippen molar-refractivity contribution in [2.24, 2.45) is 0 Å². The van der Waals surface area contributed by atoms with Gasteiger partial charge in [-0.25, -0.2) is 4.39 Å². The van der Waals surface area contributed by atoms with Crippen LogP contribution in [0.2, 0.25) is 5.02 Å². The predicted octanol–water partition coefficient (Wildman–Crippen LogP) is 3.61. The summed E-state index contributed by atoms with van der Waals surface area (Å²) in [5, 5.41) is 9.02. The van der Waals surface area contributed by atoms with E-state index in [2.05, 4.69) is 4.98 Å². The molecule has 0 aliphatic heterocycles. The number of hydrogen-bond donors (Lipinski definition) is 0. The number of halogens is 2. The van der Waals surface area contributed by atoms with Crippen LogP contribution in [0.5, 0.6) is 0 Å². The van der Waals surface area contributed by atoms with Crippen molar-refractivity contribution in [3.8, 4) is 17.2 Å². The first-order valence-corrected chi connectivity index (χ1v) is 5.36. The fourth-order valence-corrected chi connectivity index (χ4v) is 1.70. The Labute approximate surface area is 103 Å². The van der Waals surface area contributed by atoms with Gasteiger partial charge in [0.2, 0.25) is 0 Å². The molecule has 0 spiro atoms. The summed E-state index contributed by atoms with van der Waals surface area (Å²) >= 11 is 6.00. The lowest BCUT2D eigenvalue weighted by Crippen LogP contribution is -1.90. The molecule has 0 bridgehead atoms. The van der Waals surface area contributed by atoms with E-state index in [1.165, 1.54) is 12.1 Å². The molecule has 4 heteroatoms. The van der Waals surface area contributed by atoms with E-state index in [0.29, 0.717) is 10.7 Å². The van der Waals surface area contributed by atoms with Crippen molar-refractivity contribution in [2.45, 2.75) is 6.42 Å². The molecule has 0 radical (unpaired) electrons. The number of aromatic nitrogens is 1. The van der Waals surface area contributed by atoms with Gasteiger partial charge in [-0.05, 0) is 23.8 Å². The normalized spacial score (nSPS) is 9.94. The van der Waals surface area contributed by atoms with Gasteiger partial charge in [0.25, 0.3) is 0 Å². The Morgan fingerprint density at radius 3 is 2.53 bits per heavy atom. The minimum absolute atomic E-state index is 0.183. The molecule has 0 unspecified atom stereocenters. The average molecular weight is 247 g/mol. The predicted molar refractivity (Wildman–Crippen MR) is 64.0 cm³/mol. The first-order chi connectivity index (χ1) is 8.20. The van der Waals surface area contributed by atoms with E-state index in [9.17, 15) is 4.39 Å². The van der Waals surface area contributed by atoms with Crippen LogP contribution in [0.4, 0.5) is 4.39 Å². The third-order valence-corrected chi connectivity index (χ3v) is 2.67. The zero-order chi connectivity index (χ0) is 12.3. The number of hydrogen-bond acceptors (Lipinski definition) is 2. The zero-order valence-corrected chi connectivity index (χ0v) is 9.58. The second-order valence-electron chi connectivity index (χ2n) is 3.49. The third-order valence-electron chi connectivity index (χ3n) is 2.34. The van der Waals surface area contributed by atoms with Crippen LogP contribution in [0, 0.1) is 17.1 Å². The summed E-state index contributed by atoms with van der Waals surface area (Å²) in [5.41, 5.74) is 2.20. The Morgan fingerprint density at radius 2 is 1.94 bits per heavy atom. The number of nitrogens with zero attached hydrogens (tertiary/aromatic N) is 2. The van der Waals surface area contributed by atoms with Gasteiger partial charge < -0.3 is 0 Å². The second kappa shape index (κ2) is 4.94. The minimum Gasteiger partial charge on any atom is -0.258 e. The highest BCUT2D eigenvalue weighted by atomic mass is 35.5. The highest BCUT2D eigenvalue weighted by molar-refractivity contribution is 6.31. The second-order valence-corrected chi connectivity index (χ2v) is 3.90. The van der Waals surface area contributed by atoms with Crippen LogP contribution in [0.25, 0.3) is 11.1 Å². The topological polar surface area (TPSA) is 36.7 Å². The molecule has 0 fully saturated rings. The summed E-state index contributed by atoms with van der Waals surface area (Å²) in [6.07, 6.45) is 1.81. The van der Waals surface area contributed by atoms with E-state index in [1.54, 1.807) is 24.4 Å². The van der Waals surface area contributed by atoms with Crippen LogP contribution < -0.4 is 0 Å². The molecule has 0 amide bonds. The van der Waals surface area contributed by atoms with Crippen molar-refractivity contribution in [3.05, 3.63) is 53.1 Å². The van der Waals surface area contributed by atoms with Crippen LogP contribution in [0.3, 0.4) is 0 Å². The highest BCUT2D eigenvalue weighted by Crippen LogP contribution is 2.24. The lowest BCUT2D eigenvalue weighted by atomic mass is 10.1. The highest BCUT2D eigenvalue weighted by Gasteiger charge is 2.05. The average Bonchev–Trinajstić information content (AvgIpc) is 2.33. The molecule has 2 aromatic rings. The van der Waals surface area contributed by atoms with Crippen molar-refractivity contribution in [1.29, 1.82) is 5.26 Å². The van der Waals surface area contributed by atoms with E-state index >= 15 is 0 Å². The first kappa shape index (κ1) is 11.6. The van der Waals surface area contributed by atoms with Crippen LogP contribution in [0.15, 0.2) is 36.5 Å². The molecule has 0 saturated heterocycles. The number of pyridine rings is 1. The summed E-state index contributed by atoms with van der Waals surface area (Å²) < 4.78 is 12.8. The maximum Gasteiger partial charge on any atom is 0.123 e. The first-order valence-electron chi connectivity index (χ1n) is 4.98. The lowest BCUT2D eigenvalue weighted by Gasteiger charge is -2.04. The van der Waals surface area contributed by atoms with Crippen molar-refractivity contribution in [2.75, 3.05) is 0 Å². The van der Waals surface area contributed by atoms with Gasteiger partial charge in [0, 0.05) is 11.8 Å². The van der Waals surface area contributed by atoms with E-state index in [1.807, 2.05) is 6.07 Å². The van der Waals surface area contributed by atoms with Crippen molar-refractivity contribution >= 4 is 11.6 Å². The van der Waals surface area contributed by atoms with E-state index in [-0.39, 0.29) is 12.2 Å². The van der Waals surface area contributed by atoms with Crippen LogP contribution in [-0.4, -0.2) is 4.98 Å². The van der Waals surface area contributed by atoms with Crippen molar-refractivity contribution < 1.29 is 4.39 Å². The van der Waals surface area contributed by atoms with Gasteiger partial charge in [0.15, 0.2) is 0 Å². The molecule has 2 rings (SSSR count). The molecule has 0 N–H and O–H groups in total. The number of benzene rings is 1. The largest absolute Gasteiger partial charge is 0.258 e. The quantitative estimate of drug-likeness (QED) is 0.812. The van der Waals surface area contributed by atoms with Crippen LogP contribution >= 0.6 is 11.6 Å². The molecule has 84 valence electrons. The number of nitriles is 1. The van der Waals surface area contributed by atoms with E-state index in [0.717, 1.165) is 11.1 Å². The Hall–Kier alpha value is -1.92. The van der Waals surface area contributed by atoms with Crippen molar-refractivity contribution in [1.82, 2.24) is 4.98 Å². The molecule has 1 aromatic carbocycles. The maximum atomic E-state index is 12.8. The summed E-state index contributed by atoms with van der Waals surface area (Å²) in [6, 6.07) is 9.81. The Balaban J connectivity index is 2.38. The fraction of sp³-hybridized carbons (Fsp3) is 0.0769. The maximum absolute atomic E-state index is 12.8. The van der Waals surface area contributed by atoms with Gasteiger partial charge in [-0.1, -0.05) is 23.7 Å². The summed E-state index contributed by atoms with van der Waals surface area (Å²) in [6.45, 7) is 0. The van der Waals surface area contributed by atoms with E-state index < -0.39 is 0 Å². The third kappa shape index (κ3) is 2.61. The fourth-order valence-electron chi connectivity index (χ4n) is 1.47. The summed E-state index contributed by atoms with van der Waals surface area (Å²) in [5.74, 6) is -0.283. The van der Waals surface area contributed by atoms with Gasteiger partial charge >= 0.3 is 0 Å². The van der Waals surface area contributed by atoms with Crippen LogP contribution in [0.1, 0.15) is 5.69 Å². The molecule has 17 heavy (non-hydrogen) atoms.